The summed E-state index contributed by atoms with van der Waals surface area (Å²) < 4.78 is 10.6. The van der Waals surface area contributed by atoms with Crippen LogP contribution in [0.15, 0.2) is 18.2 Å². The summed E-state index contributed by atoms with van der Waals surface area (Å²) in [7, 11) is 0. The van der Waals surface area contributed by atoms with Crippen LogP contribution in [-0.4, -0.2) is 44.9 Å². The van der Waals surface area contributed by atoms with Gasteiger partial charge in [-0.15, -0.1) is 0 Å². The van der Waals surface area contributed by atoms with Crippen LogP contribution < -0.4 is 3.07 Å². The van der Waals surface area contributed by atoms with Crippen molar-refractivity contribution in [1.82, 2.24) is 0 Å². The minimum atomic E-state index is -1.03. The molecule has 0 N–H and O–H groups in total. The van der Waals surface area contributed by atoms with Crippen LogP contribution in [0.25, 0.3) is 0 Å². The molecular weight excluding hydrogens is 366 g/mol. The van der Waals surface area contributed by atoms with Gasteiger partial charge in [-0.2, -0.15) is 0 Å². The van der Waals surface area contributed by atoms with E-state index in [-0.39, 0.29) is 0 Å². The number of rotatable bonds is 3. The summed E-state index contributed by atoms with van der Waals surface area (Å²) in [6, 6.07) is 6.10. The first-order chi connectivity index (χ1) is 5.75. The minimum absolute atomic E-state index is 0.990. The van der Waals surface area contributed by atoms with Crippen molar-refractivity contribution in [3.63, 3.8) is 0 Å². The van der Waals surface area contributed by atoms with Gasteiger partial charge in [-0.3, -0.25) is 0 Å². The summed E-state index contributed by atoms with van der Waals surface area (Å²) in [5.74, 6) is 0.990. The zero-order chi connectivity index (χ0) is 8.97. The monoisotopic (exact) mass is 377 g/mol. The average molecular weight is 375 g/mol. The second-order valence-corrected chi connectivity index (χ2v) is 8.03. The van der Waals surface area contributed by atoms with Crippen molar-refractivity contribution in [2.24, 2.45) is 0 Å². The van der Waals surface area contributed by atoms with E-state index >= 15 is 0 Å². The van der Waals surface area contributed by atoms with Gasteiger partial charge in [0.2, 0.25) is 0 Å². The Morgan fingerprint density at radius 3 is 2.75 bits per heavy atom. The zero-order valence-electron chi connectivity index (χ0n) is 7.05. The molecule has 0 bridgehead atoms. The molecule has 0 amide bonds. The van der Waals surface area contributed by atoms with E-state index in [1.54, 1.807) is 0 Å². The van der Waals surface area contributed by atoms with Gasteiger partial charge in [0.05, 0.1) is 0 Å². The van der Waals surface area contributed by atoms with Gasteiger partial charge < -0.3 is 0 Å². The van der Waals surface area contributed by atoms with Gasteiger partial charge >= 0.3 is 98.3 Å². The van der Waals surface area contributed by atoms with Gasteiger partial charge in [0.25, 0.3) is 0 Å². The fraction of sp³-hybridized carbons (Fsp3) is 0.250. The molecule has 0 saturated heterocycles. The summed E-state index contributed by atoms with van der Waals surface area (Å²) in [5, 5.41) is 0. The van der Waals surface area contributed by atoms with Crippen molar-refractivity contribution >= 4 is 44.9 Å². The quantitative estimate of drug-likeness (QED) is 0.743. The Morgan fingerprint density at radius 2 is 2.08 bits per heavy atom. The third-order valence-electron chi connectivity index (χ3n) is 1.75. The molecule has 1 aromatic carbocycles. The Morgan fingerprint density at radius 1 is 1.33 bits per heavy atom. The van der Waals surface area contributed by atoms with Crippen molar-refractivity contribution in [2.45, 2.75) is 13.8 Å². The third kappa shape index (κ3) is 2.81. The van der Waals surface area contributed by atoms with Crippen molar-refractivity contribution in [1.29, 1.82) is 0 Å². The first-order valence-electron chi connectivity index (χ1n) is 3.56. The molecule has 4 heteroatoms. The van der Waals surface area contributed by atoms with Gasteiger partial charge in [-0.1, -0.05) is 0 Å². The first-order valence-corrected chi connectivity index (χ1v) is 7.06. The molecule has 0 spiro atoms. The maximum absolute atomic E-state index is 5.54. The first kappa shape index (κ1) is 10.7. The molecule has 0 aliphatic heterocycles. The van der Waals surface area contributed by atoms with Crippen molar-refractivity contribution in [3.05, 3.63) is 29.3 Å². The van der Waals surface area contributed by atoms with Crippen LogP contribution >= 0.6 is 0 Å². The molecular formula is C8H9O2Sn2. The van der Waals surface area contributed by atoms with E-state index in [2.05, 4.69) is 19.9 Å². The Kier molecular flexibility index (Phi) is 4.74. The topological polar surface area (TPSA) is 18.5 Å². The van der Waals surface area contributed by atoms with E-state index < -0.39 is 22.0 Å². The normalized spacial score (nSPS) is 9.92. The number of hydrogen-bond donors (Lipinski definition) is 0. The second-order valence-electron chi connectivity index (χ2n) is 2.49. The maximum atomic E-state index is 5.54. The van der Waals surface area contributed by atoms with E-state index in [1.165, 1.54) is 11.1 Å². The molecule has 0 aromatic heterocycles. The Hall–Kier alpha value is 0.577. The fourth-order valence-electron chi connectivity index (χ4n) is 0.900. The molecule has 0 atom stereocenters. The summed E-state index contributed by atoms with van der Waals surface area (Å²) in [4.78, 5) is 0. The predicted molar refractivity (Wildman–Crippen MR) is 49.1 cm³/mol. The van der Waals surface area contributed by atoms with Crippen molar-refractivity contribution in [2.75, 3.05) is 0 Å². The molecule has 1 aromatic rings. The summed E-state index contributed by atoms with van der Waals surface area (Å²) in [6.07, 6.45) is 0. The number of hydrogen-bond acceptors (Lipinski definition) is 2. The Labute approximate surface area is 97.6 Å². The average Bonchev–Trinajstić information content (AvgIpc) is 2.08. The van der Waals surface area contributed by atoms with Gasteiger partial charge in [0.15, 0.2) is 0 Å². The van der Waals surface area contributed by atoms with E-state index in [9.17, 15) is 0 Å². The molecule has 2 nitrogen and oxygen atoms in total. The molecule has 0 unspecified atom stereocenters. The van der Waals surface area contributed by atoms with Crippen LogP contribution in [0.2, 0.25) is 0 Å². The van der Waals surface area contributed by atoms with Gasteiger partial charge in [-0.05, 0) is 0 Å². The van der Waals surface area contributed by atoms with Crippen molar-refractivity contribution in [3.8, 4) is 5.75 Å². The zero-order valence-corrected chi connectivity index (χ0v) is 12.8. The molecule has 12 heavy (non-hydrogen) atoms. The molecule has 5 radical (unpaired) electrons. The van der Waals surface area contributed by atoms with Crippen LogP contribution in [-0.2, 0) is 1.41 Å². The summed E-state index contributed by atoms with van der Waals surface area (Å²) >= 11 is 0.0859. The van der Waals surface area contributed by atoms with E-state index in [1.807, 2.05) is 12.1 Å². The third-order valence-corrected chi connectivity index (χ3v) is 4.45. The Bertz CT molecular complexity index is 263. The molecule has 0 heterocycles. The molecule has 0 aliphatic rings. The molecule has 61 valence electrons. The fourth-order valence-corrected chi connectivity index (χ4v) is 2.70. The number of aryl methyl sites for hydroxylation is 1. The van der Waals surface area contributed by atoms with Gasteiger partial charge in [0, 0.05) is 0 Å². The second kappa shape index (κ2) is 5.34. The number of benzene rings is 1. The van der Waals surface area contributed by atoms with Crippen LogP contribution in [0, 0.1) is 13.8 Å². The van der Waals surface area contributed by atoms with Crippen LogP contribution in [0.1, 0.15) is 11.1 Å². The predicted octanol–water partition coefficient (Wildman–Crippen LogP) is 1.32. The van der Waals surface area contributed by atoms with Crippen LogP contribution in [0.4, 0.5) is 0 Å². The van der Waals surface area contributed by atoms with E-state index in [4.69, 9.17) is 4.49 Å². The summed E-state index contributed by atoms with van der Waals surface area (Å²) in [6.45, 7) is 4.17. The van der Waals surface area contributed by atoms with Gasteiger partial charge in [-0.25, -0.2) is 0 Å². The van der Waals surface area contributed by atoms with Crippen molar-refractivity contribution < 1.29 is 4.49 Å². The van der Waals surface area contributed by atoms with Crippen LogP contribution in [0.5, 0.6) is 5.75 Å². The van der Waals surface area contributed by atoms with E-state index in [0.29, 0.717) is 0 Å². The SMILES string of the molecule is Cc1cccc([O][Sn][O][Sn])c1C. The molecule has 0 aliphatic carbocycles. The van der Waals surface area contributed by atoms with Crippen LogP contribution in [0.3, 0.4) is 0 Å². The molecule has 1 rings (SSSR count). The van der Waals surface area contributed by atoms with E-state index in [0.717, 1.165) is 28.7 Å². The molecule has 0 fully saturated rings. The molecule has 0 saturated carbocycles. The van der Waals surface area contributed by atoms with Gasteiger partial charge in [0.1, 0.15) is 0 Å². The Balaban J connectivity index is 2.78. The standard InChI is InChI=1S/C8H10O.O.2Sn/c1-6-4-3-5-8(9)7(6)2;;;/h3-5,9H,1-2H3;;;/q;;;+1/p-1. The summed E-state index contributed by atoms with van der Waals surface area (Å²) in [5.41, 5.74) is 2.50.